The standard InChI is InChI=1S/C55H34N4O/c1-2-14-33(15-3-1)53-56-54(45-28-38-20-8-9-21-40(38)41-22-10-11-23-42(41)45)58-55(57-53)47-31-39(32-51-52(47)46-27-35-17-5-7-19-37(35)30-50(46)60-51)59-48-25-13-12-24-43(48)44-26-34-16-4-6-18-36(34)29-49(44)59/h1-32,53H,(H,56,57,58). The molecule has 0 amide bonds. The van der Waals surface area contributed by atoms with Crippen LogP contribution in [0.25, 0.3) is 92.5 Å². The Morgan fingerprint density at radius 3 is 1.83 bits per heavy atom. The molecule has 2 aromatic heterocycles. The molecule has 13 rings (SSSR count). The van der Waals surface area contributed by atoms with E-state index in [0.717, 1.165) is 82.7 Å². The second-order valence-electron chi connectivity index (χ2n) is 15.8. The number of hydrogen-bond acceptors (Lipinski definition) is 4. The highest BCUT2D eigenvalue weighted by atomic mass is 16.3. The first-order chi connectivity index (χ1) is 29.7. The van der Waals surface area contributed by atoms with Crippen LogP contribution in [0.4, 0.5) is 0 Å². The molecule has 0 fully saturated rings. The Bertz CT molecular complexity index is 3820. The summed E-state index contributed by atoms with van der Waals surface area (Å²) in [6.45, 7) is 0. The van der Waals surface area contributed by atoms with E-state index in [4.69, 9.17) is 14.4 Å². The highest BCUT2D eigenvalue weighted by Crippen LogP contribution is 2.41. The second-order valence-corrected chi connectivity index (χ2v) is 15.8. The number of amidine groups is 2. The van der Waals surface area contributed by atoms with E-state index in [2.05, 4.69) is 198 Å². The van der Waals surface area contributed by atoms with Crippen molar-refractivity contribution in [2.45, 2.75) is 6.17 Å². The molecule has 12 aromatic rings. The molecule has 0 aliphatic carbocycles. The summed E-state index contributed by atoms with van der Waals surface area (Å²) in [6.07, 6.45) is -0.392. The smallest absolute Gasteiger partial charge is 0.160 e. The molecule has 0 saturated heterocycles. The fraction of sp³-hybridized carbons (Fsp3) is 0.0182. The number of para-hydroxylation sites is 1. The van der Waals surface area contributed by atoms with Crippen molar-refractivity contribution in [1.82, 2.24) is 9.88 Å². The van der Waals surface area contributed by atoms with E-state index in [9.17, 15) is 0 Å². The van der Waals surface area contributed by atoms with Gasteiger partial charge in [0.2, 0.25) is 0 Å². The summed E-state index contributed by atoms with van der Waals surface area (Å²) in [6, 6.07) is 69.2. The third kappa shape index (κ3) is 4.99. The van der Waals surface area contributed by atoms with Gasteiger partial charge >= 0.3 is 0 Å². The lowest BCUT2D eigenvalue weighted by Gasteiger charge is -2.25. The van der Waals surface area contributed by atoms with Crippen molar-refractivity contribution >= 4 is 98.5 Å². The van der Waals surface area contributed by atoms with E-state index >= 15 is 0 Å². The zero-order valence-corrected chi connectivity index (χ0v) is 32.3. The Balaban J connectivity index is 1.14. The number of rotatable bonds is 4. The lowest BCUT2D eigenvalue weighted by molar-refractivity contribution is 0.668. The van der Waals surface area contributed by atoms with Gasteiger partial charge in [-0.15, -0.1) is 0 Å². The molecule has 280 valence electrons. The summed E-state index contributed by atoms with van der Waals surface area (Å²) in [7, 11) is 0. The first-order valence-electron chi connectivity index (χ1n) is 20.4. The van der Waals surface area contributed by atoms with Crippen LogP contribution in [0.2, 0.25) is 0 Å². The quantitative estimate of drug-likeness (QED) is 0.181. The molecule has 3 heterocycles. The second kappa shape index (κ2) is 12.7. The van der Waals surface area contributed by atoms with Gasteiger partial charge in [-0.25, -0.2) is 9.98 Å². The van der Waals surface area contributed by atoms with E-state index < -0.39 is 6.17 Å². The van der Waals surface area contributed by atoms with Crippen molar-refractivity contribution in [3.8, 4) is 5.69 Å². The maximum atomic E-state index is 6.92. The maximum Gasteiger partial charge on any atom is 0.160 e. The Kier molecular flexibility index (Phi) is 7.01. The molecule has 1 aliphatic rings. The minimum Gasteiger partial charge on any atom is -0.456 e. The summed E-state index contributed by atoms with van der Waals surface area (Å²) in [5.41, 5.74) is 7.83. The van der Waals surface area contributed by atoms with Gasteiger partial charge in [-0.05, 0) is 91.1 Å². The van der Waals surface area contributed by atoms with Crippen LogP contribution in [0.3, 0.4) is 0 Å². The van der Waals surface area contributed by atoms with Crippen LogP contribution in [0.1, 0.15) is 22.9 Å². The molecular formula is C55H34N4O. The topological polar surface area (TPSA) is 54.8 Å². The van der Waals surface area contributed by atoms with Crippen LogP contribution in [0.5, 0.6) is 0 Å². The predicted molar refractivity (Wildman–Crippen MR) is 250 cm³/mol. The normalized spacial score (nSPS) is 14.5. The van der Waals surface area contributed by atoms with Crippen molar-refractivity contribution in [3.05, 3.63) is 211 Å². The Labute approximate surface area is 344 Å². The highest BCUT2D eigenvalue weighted by molar-refractivity contribution is 6.26. The number of furan rings is 1. The zero-order valence-electron chi connectivity index (χ0n) is 32.3. The summed E-state index contributed by atoms with van der Waals surface area (Å²) in [5.74, 6) is 1.42. The van der Waals surface area contributed by atoms with Crippen molar-refractivity contribution < 1.29 is 4.42 Å². The van der Waals surface area contributed by atoms with Gasteiger partial charge in [0.05, 0.1) is 16.7 Å². The Morgan fingerprint density at radius 1 is 0.433 bits per heavy atom. The first-order valence-corrected chi connectivity index (χ1v) is 20.4. The van der Waals surface area contributed by atoms with Crippen LogP contribution in [-0.4, -0.2) is 16.2 Å². The predicted octanol–water partition coefficient (Wildman–Crippen LogP) is 13.8. The third-order valence-electron chi connectivity index (χ3n) is 12.3. The van der Waals surface area contributed by atoms with Crippen molar-refractivity contribution in [2.75, 3.05) is 0 Å². The molecular weight excluding hydrogens is 733 g/mol. The van der Waals surface area contributed by atoms with Gasteiger partial charge in [0.1, 0.15) is 23.2 Å². The molecule has 0 saturated carbocycles. The molecule has 0 spiro atoms. The number of hydrogen-bond donors (Lipinski definition) is 1. The summed E-state index contributed by atoms with van der Waals surface area (Å²) in [5, 5.41) is 17.6. The fourth-order valence-corrected chi connectivity index (χ4v) is 9.58. The van der Waals surface area contributed by atoms with Crippen molar-refractivity contribution in [1.29, 1.82) is 0 Å². The van der Waals surface area contributed by atoms with Crippen LogP contribution < -0.4 is 5.32 Å². The molecule has 60 heavy (non-hydrogen) atoms. The Hall–Kier alpha value is -8.02. The van der Waals surface area contributed by atoms with Crippen LogP contribution in [0.15, 0.2) is 209 Å². The number of fused-ring (bicyclic) bond motifs is 11. The zero-order chi connectivity index (χ0) is 39.3. The lowest BCUT2D eigenvalue weighted by Crippen LogP contribution is -2.33. The minimum atomic E-state index is -0.392. The van der Waals surface area contributed by atoms with E-state index in [1.54, 1.807) is 0 Å². The monoisotopic (exact) mass is 766 g/mol. The summed E-state index contributed by atoms with van der Waals surface area (Å²) in [4.78, 5) is 11.0. The molecule has 5 heteroatoms. The SMILES string of the molecule is c1ccc(C2N=C(c3cc(-n4c5ccccc5c5cc6ccccc6cc54)cc4oc5cc6ccccc6cc5c34)N=C(c3cc4ccccc4c4ccccc34)N2)cc1. The Morgan fingerprint density at radius 2 is 1.05 bits per heavy atom. The number of nitrogens with zero attached hydrogens (tertiary/aromatic N) is 3. The molecule has 1 N–H and O–H groups in total. The summed E-state index contributed by atoms with van der Waals surface area (Å²) < 4.78 is 9.30. The van der Waals surface area contributed by atoms with Gasteiger partial charge in [-0.2, -0.15) is 0 Å². The number of aromatic nitrogens is 1. The number of aliphatic imine (C=N–C) groups is 2. The van der Waals surface area contributed by atoms with E-state index in [-0.39, 0.29) is 0 Å². The third-order valence-corrected chi connectivity index (χ3v) is 12.3. The average Bonchev–Trinajstić information content (AvgIpc) is 3.83. The van der Waals surface area contributed by atoms with Gasteiger partial charge in [0, 0.05) is 38.7 Å². The number of benzene rings is 10. The largest absolute Gasteiger partial charge is 0.456 e. The number of nitrogens with one attached hydrogen (secondary N) is 1. The maximum absolute atomic E-state index is 6.92. The van der Waals surface area contributed by atoms with E-state index in [1.165, 1.54) is 32.3 Å². The molecule has 5 nitrogen and oxygen atoms in total. The molecule has 1 atom stereocenters. The molecule has 0 radical (unpaired) electrons. The molecule has 10 aromatic carbocycles. The molecule has 1 aliphatic heterocycles. The molecule has 0 bridgehead atoms. The highest BCUT2D eigenvalue weighted by Gasteiger charge is 2.27. The summed E-state index contributed by atoms with van der Waals surface area (Å²) >= 11 is 0. The fourth-order valence-electron chi connectivity index (χ4n) is 9.58. The van der Waals surface area contributed by atoms with Crippen molar-refractivity contribution in [2.24, 2.45) is 9.98 Å². The lowest BCUT2D eigenvalue weighted by atomic mass is 9.96. The molecule has 1 unspecified atom stereocenters. The van der Waals surface area contributed by atoms with Gasteiger partial charge < -0.3 is 14.3 Å². The van der Waals surface area contributed by atoms with Crippen LogP contribution in [-0.2, 0) is 0 Å². The van der Waals surface area contributed by atoms with Crippen LogP contribution in [0, 0.1) is 0 Å². The first kappa shape index (κ1) is 33.0. The minimum absolute atomic E-state index is 0.392. The van der Waals surface area contributed by atoms with Gasteiger partial charge in [0.25, 0.3) is 0 Å². The van der Waals surface area contributed by atoms with Gasteiger partial charge in [-0.1, -0.05) is 146 Å². The van der Waals surface area contributed by atoms with Gasteiger partial charge in [0.15, 0.2) is 5.84 Å². The van der Waals surface area contributed by atoms with Crippen molar-refractivity contribution in [3.63, 3.8) is 0 Å². The van der Waals surface area contributed by atoms with E-state index in [1.807, 2.05) is 6.07 Å². The van der Waals surface area contributed by atoms with Gasteiger partial charge in [-0.3, -0.25) is 0 Å². The van der Waals surface area contributed by atoms with Crippen LogP contribution >= 0.6 is 0 Å². The van der Waals surface area contributed by atoms with E-state index in [0.29, 0.717) is 5.84 Å². The average molecular weight is 767 g/mol.